The highest BCUT2D eigenvalue weighted by Gasteiger charge is 2.28. The van der Waals surface area contributed by atoms with E-state index in [1.54, 1.807) is 0 Å². The first kappa shape index (κ1) is 10.9. The van der Waals surface area contributed by atoms with Crippen molar-refractivity contribution in [3.05, 3.63) is 0 Å². The van der Waals surface area contributed by atoms with E-state index in [1.165, 1.54) is 7.11 Å². The molecule has 1 amide bonds. The Bertz CT molecular complexity index is 142. The van der Waals surface area contributed by atoms with Gasteiger partial charge in [0.15, 0.2) is 0 Å². The smallest absolute Gasteiger partial charge is 0.257 e. The minimum atomic E-state index is -0.227. The maximum absolute atomic E-state index is 11.1. The summed E-state index contributed by atoms with van der Waals surface area (Å²) in [4.78, 5) is 15.4. The maximum atomic E-state index is 11.1. The van der Waals surface area contributed by atoms with Crippen molar-refractivity contribution in [2.75, 3.05) is 7.11 Å². The van der Waals surface area contributed by atoms with Crippen molar-refractivity contribution < 1.29 is 9.63 Å². The number of rotatable bonds is 2. The highest BCUT2D eigenvalue weighted by atomic mass is 79.9. The summed E-state index contributed by atoms with van der Waals surface area (Å²) in [6, 6.07) is 0. The van der Waals surface area contributed by atoms with Crippen LogP contribution in [0.1, 0.15) is 20.8 Å². The lowest BCUT2D eigenvalue weighted by atomic mass is 9.92. The number of carbonyl (C=O) groups is 1. The number of hydrogen-bond acceptors (Lipinski definition) is 2. The zero-order valence-corrected chi connectivity index (χ0v) is 8.86. The Morgan fingerprint density at radius 1 is 1.55 bits per heavy atom. The number of carbonyl (C=O) groups excluding carboxylic acids is 1. The molecule has 0 aromatic rings. The van der Waals surface area contributed by atoms with Crippen molar-refractivity contribution in [3.63, 3.8) is 0 Å². The van der Waals surface area contributed by atoms with Gasteiger partial charge >= 0.3 is 0 Å². The Morgan fingerprint density at radius 3 is 2.27 bits per heavy atom. The molecule has 0 rings (SSSR count). The molecule has 0 bridgehead atoms. The lowest BCUT2D eigenvalue weighted by Crippen LogP contribution is -2.37. The van der Waals surface area contributed by atoms with Gasteiger partial charge in [-0.05, 0) is 5.41 Å². The first-order valence-electron chi connectivity index (χ1n) is 3.36. The fraction of sp³-hybridized carbons (Fsp3) is 0.857. The van der Waals surface area contributed by atoms with E-state index in [-0.39, 0.29) is 16.1 Å². The molecule has 1 N–H and O–H groups in total. The van der Waals surface area contributed by atoms with E-state index in [9.17, 15) is 4.79 Å². The van der Waals surface area contributed by atoms with Crippen molar-refractivity contribution in [1.82, 2.24) is 5.48 Å². The summed E-state index contributed by atoms with van der Waals surface area (Å²) < 4.78 is 0. The van der Waals surface area contributed by atoms with Crippen LogP contribution >= 0.6 is 15.9 Å². The fourth-order valence-corrected chi connectivity index (χ4v) is 0.639. The zero-order valence-electron chi connectivity index (χ0n) is 7.27. The van der Waals surface area contributed by atoms with Crippen molar-refractivity contribution in [2.45, 2.75) is 25.6 Å². The van der Waals surface area contributed by atoms with Crippen molar-refractivity contribution >= 4 is 21.8 Å². The van der Waals surface area contributed by atoms with Crippen LogP contribution in [-0.4, -0.2) is 17.8 Å². The molecule has 4 heteroatoms. The monoisotopic (exact) mass is 223 g/mol. The Kier molecular flexibility index (Phi) is 4.03. The summed E-state index contributed by atoms with van der Waals surface area (Å²) in [7, 11) is 1.42. The molecule has 1 unspecified atom stereocenters. The molecule has 1 atom stereocenters. The summed E-state index contributed by atoms with van der Waals surface area (Å²) in [5, 5.41) is 0. The van der Waals surface area contributed by atoms with E-state index in [2.05, 4.69) is 26.2 Å². The van der Waals surface area contributed by atoms with Crippen molar-refractivity contribution in [3.8, 4) is 0 Å². The second kappa shape index (κ2) is 4.07. The number of hydroxylamine groups is 1. The Morgan fingerprint density at radius 2 is 2.00 bits per heavy atom. The zero-order chi connectivity index (χ0) is 9.07. The standard InChI is InChI=1S/C7H14BrNO2/c1-7(2,3)5(8)6(10)9-11-4/h5H,1-4H3,(H,9,10). The molecular formula is C7H14BrNO2. The van der Waals surface area contributed by atoms with Crippen LogP contribution in [0, 0.1) is 5.41 Å². The molecule has 0 spiro atoms. The number of alkyl halides is 1. The summed E-state index contributed by atoms with van der Waals surface area (Å²) in [5.41, 5.74) is 2.17. The molecule has 0 radical (unpaired) electrons. The van der Waals surface area contributed by atoms with Gasteiger partial charge in [0.25, 0.3) is 5.91 Å². The predicted octanol–water partition coefficient (Wildman–Crippen LogP) is 1.47. The minimum absolute atomic E-state index is 0.0946. The third-order valence-corrected chi connectivity index (χ3v) is 2.98. The second-order valence-electron chi connectivity index (χ2n) is 3.40. The quantitative estimate of drug-likeness (QED) is 0.569. The normalized spacial score (nSPS) is 14.3. The molecule has 0 fully saturated rings. The highest BCUT2D eigenvalue weighted by Crippen LogP contribution is 2.25. The lowest BCUT2D eigenvalue weighted by Gasteiger charge is -2.23. The van der Waals surface area contributed by atoms with Gasteiger partial charge in [-0.3, -0.25) is 9.63 Å². The molecule has 0 aliphatic carbocycles. The SMILES string of the molecule is CONC(=O)C(Br)C(C)(C)C. The van der Waals surface area contributed by atoms with Gasteiger partial charge in [0.2, 0.25) is 0 Å². The summed E-state index contributed by atoms with van der Waals surface area (Å²) in [5.74, 6) is -0.153. The van der Waals surface area contributed by atoms with Gasteiger partial charge in [-0.1, -0.05) is 36.7 Å². The molecule has 0 saturated carbocycles. The van der Waals surface area contributed by atoms with Gasteiger partial charge < -0.3 is 0 Å². The second-order valence-corrected chi connectivity index (χ2v) is 4.31. The van der Waals surface area contributed by atoms with E-state index in [4.69, 9.17) is 0 Å². The number of hydrogen-bond donors (Lipinski definition) is 1. The summed E-state index contributed by atoms with van der Waals surface area (Å²) in [6.45, 7) is 5.92. The third-order valence-electron chi connectivity index (χ3n) is 1.19. The fourth-order valence-electron chi connectivity index (χ4n) is 0.546. The molecule has 66 valence electrons. The van der Waals surface area contributed by atoms with E-state index < -0.39 is 0 Å². The van der Waals surface area contributed by atoms with Gasteiger partial charge in [-0.2, -0.15) is 0 Å². The van der Waals surface area contributed by atoms with E-state index in [1.807, 2.05) is 20.8 Å². The summed E-state index contributed by atoms with van der Waals surface area (Å²) >= 11 is 3.27. The molecule has 0 aromatic heterocycles. The minimum Gasteiger partial charge on any atom is -0.277 e. The molecule has 0 aromatic carbocycles. The number of halogens is 1. The molecule has 0 aliphatic rings. The van der Waals surface area contributed by atoms with Crippen LogP contribution in [0.2, 0.25) is 0 Å². The molecule has 3 nitrogen and oxygen atoms in total. The first-order chi connectivity index (χ1) is 4.89. The first-order valence-corrected chi connectivity index (χ1v) is 4.28. The van der Waals surface area contributed by atoms with Crippen molar-refractivity contribution in [1.29, 1.82) is 0 Å². The summed E-state index contributed by atoms with van der Waals surface area (Å²) in [6.07, 6.45) is 0. The van der Waals surface area contributed by atoms with Crippen LogP contribution in [0.4, 0.5) is 0 Å². The van der Waals surface area contributed by atoms with E-state index in [0.717, 1.165) is 0 Å². The van der Waals surface area contributed by atoms with Crippen LogP contribution in [0.5, 0.6) is 0 Å². The van der Waals surface area contributed by atoms with Crippen LogP contribution in [0.25, 0.3) is 0 Å². The van der Waals surface area contributed by atoms with Gasteiger partial charge in [0.1, 0.15) is 4.83 Å². The Balaban J connectivity index is 4.03. The maximum Gasteiger partial charge on any atom is 0.257 e. The predicted molar refractivity (Wildman–Crippen MR) is 47.3 cm³/mol. The number of amides is 1. The molecule has 0 saturated heterocycles. The van der Waals surface area contributed by atoms with E-state index >= 15 is 0 Å². The number of nitrogens with one attached hydrogen (secondary N) is 1. The van der Waals surface area contributed by atoms with Crippen molar-refractivity contribution in [2.24, 2.45) is 5.41 Å². The molecular weight excluding hydrogens is 210 g/mol. The Labute approximate surface area is 75.6 Å². The lowest BCUT2D eigenvalue weighted by molar-refractivity contribution is -0.132. The van der Waals surface area contributed by atoms with Crippen LogP contribution in [0.3, 0.4) is 0 Å². The highest BCUT2D eigenvalue weighted by molar-refractivity contribution is 9.10. The van der Waals surface area contributed by atoms with Crippen LogP contribution in [-0.2, 0) is 9.63 Å². The van der Waals surface area contributed by atoms with Gasteiger partial charge in [0, 0.05) is 0 Å². The average molecular weight is 224 g/mol. The Hall–Kier alpha value is -0.0900. The molecule has 0 aliphatic heterocycles. The van der Waals surface area contributed by atoms with Gasteiger partial charge in [0.05, 0.1) is 7.11 Å². The average Bonchev–Trinajstić information content (AvgIpc) is 1.85. The largest absolute Gasteiger partial charge is 0.277 e. The van der Waals surface area contributed by atoms with Crippen LogP contribution < -0.4 is 5.48 Å². The van der Waals surface area contributed by atoms with Gasteiger partial charge in [-0.25, -0.2) is 5.48 Å². The van der Waals surface area contributed by atoms with Crippen LogP contribution in [0.15, 0.2) is 0 Å². The topological polar surface area (TPSA) is 38.3 Å². The third kappa shape index (κ3) is 3.72. The molecule has 11 heavy (non-hydrogen) atoms. The van der Waals surface area contributed by atoms with Gasteiger partial charge in [-0.15, -0.1) is 0 Å². The van der Waals surface area contributed by atoms with E-state index in [0.29, 0.717) is 0 Å². The molecule has 0 heterocycles.